The highest BCUT2D eigenvalue weighted by Gasteiger charge is 2.13. The van der Waals surface area contributed by atoms with Crippen LogP contribution in [-0.4, -0.2) is 19.7 Å². The number of aromatic nitrogens is 1. The minimum absolute atomic E-state index is 0.285. The summed E-state index contributed by atoms with van der Waals surface area (Å²) in [6.07, 6.45) is 2.15. The Bertz CT molecular complexity index is 964. The first-order chi connectivity index (χ1) is 11.5. The molecular weight excluding hydrogens is 318 g/mol. The number of hydrogen-bond donors (Lipinski definition) is 0. The summed E-state index contributed by atoms with van der Waals surface area (Å²) in [6.45, 7) is 2.09. The third kappa shape index (κ3) is 3.54. The molecule has 0 amide bonds. The SMILES string of the molecule is CCc1cccc(-c2cc(S(C)(=O)=O)cc(-c3ccccc3)n2)c1. The minimum Gasteiger partial charge on any atom is -0.248 e. The number of hydrogen-bond acceptors (Lipinski definition) is 3. The summed E-state index contributed by atoms with van der Waals surface area (Å²) >= 11 is 0. The zero-order chi connectivity index (χ0) is 17.2. The van der Waals surface area contributed by atoms with E-state index in [1.54, 1.807) is 12.1 Å². The molecule has 0 aliphatic rings. The molecule has 4 heteroatoms. The summed E-state index contributed by atoms with van der Waals surface area (Å²) in [6, 6.07) is 21.0. The second-order valence-corrected chi connectivity index (χ2v) is 7.78. The Morgan fingerprint density at radius 2 is 1.46 bits per heavy atom. The molecule has 0 unspecified atom stereocenters. The summed E-state index contributed by atoms with van der Waals surface area (Å²) < 4.78 is 24.2. The Morgan fingerprint density at radius 1 is 0.833 bits per heavy atom. The van der Waals surface area contributed by atoms with Gasteiger partial charge in [0.15, 0.2) is 9.84 Å². The van der Waals surface area contributed by atoms with Gasteiger partial charge in [-0.25, -0.2) is 13.4 Å². The highest BCUT2D eigenvalue weighted by Crippen LogP contribution is 2.27. The molecule has 1 heterocycles. The first-order valence-corrected chi connectivity index (χ1v) is 9.73. The molecule has 0 radical (unpaired) electrons. The van der Waals surface area contributed by atoms with E-state index in [0.29, 0.717) is 11.4 Å². The molecule has 3 rings (SSSR count). The molecule has 0 saturated heterocycles. The second-order valence-electron chi connectivity index (χ2n) is 5.77. The molecule has 122 valence electrons. The molecule has 0 atom stereocenters. The van der Waals surface area contributed by atoms with Crippen molar-refractivity contribution in [1.82, 2.24) is 4.98 Å². The Labute approximate surface area is 142 Å². The van der Waals surface area contributed by atoms with Crippen LogP contribution in [0.1, 0.15) is 12.5 Å². The van der Waals surface area contributed by atoms with Gasteiger partial charge in [0.25, 0.3) is 0 Å². The van der Waals surface area contributed by atoms with Crippen LogP contribution in [0.25, 0.3) is 22.5 Å². The van der Waals surface area contributed by atoms with Crippen molar-refractivity contribution in [3.8, 4) is 22.5 Å². The fourth-order valence-corrected chi connectivity index (χ4v) is 3.23. The van der Waals surface area contributed by atoms with Gasteiger partial charge in [0.2, 0.25) is 0 Å². The van der Waals surface area contributed by atoms with Crippen LogP contribution in [0.2, 0.25) is 0 Å². The Kier molecular flexibility index (Phi) is 4.49. The second kappa shape index (κ2) is 6.57. The lowest BCUT2D eigenvalue weighted by Gasteiger charge is -2.09. The zero-order valence-corrected chi connectivity index (χ0v) is 14.5. The van der Waals surface area contributed by atoms with E-state index in [4.69, 9.17) is 4.98 Å². The molecule has 1 aromatic heterocycles. The molecule has 24 heavy (non-hydrogen) atoms. The van der Waals surface area contributed by atoms with Crippen LogP contribution < -0.4 is 0 Å². The monoisotopic (exact) mass is 337 g/mol. The van der Waals surface area contributed by atoms with Crippen molar-refractivity contribution >= 4 is 9.84 Å². The molecular formula is C20H19NO2S. The van der Waals surface area contributed by atoms with Crippen molar-refractivity contribution in [2.24, 2.45) is 0 Å². The highest BCUT2D eigenvalue weighted by atomic mass is 32.2. The molecule has 0 fully saturated rings. The van der Waals surface area contributed by atoms with Gasteiger partial charge in [-0.05, 0) is 30.2 Å². The largest absolute Gasteiger partial charge is 0.248 e. The van der Waals surface area contributed by atoms with Crippen LogP contribution in [0.4, 0.5) is 0 Å². The predicted molar refractivity (Wildman–Crippen MR) is 97.6 cm³/mol. The molecule has 0 spiro atoms. The van der Waals surface area contributed by atoms with Crippen molar-refractivity contribution in [3.05, 3.63) is 72.3 Å². The lowest BCUT2D eigenvalue weighted by Crippen LogP contribution is -2.00. The van der Waals surface area contributed by atoms with Gasteiger partial charge in [0.1, 0.15) is 0 Å². The highest BCUT2D eigenvalue weighted by molar-refractivity contribution is 7.90. The van der Waals surface area contributed by atoms with Crippen molar-refractivity contribution in [2.45, 2.75) is 18.2 Å². The van der Waals surface area contributed by atoms with Gasteiger partial charge < -0.3 is 0 Å². The van der Waals surface area contributed by atoms with Gasteiger partial charge in [-0.3, -0.25) is 0 Å². The zero-order valence-electron chi connectivity index (χ0n) is 13.7. The van der Waals surface area contributed by atoms with Crippen LogP contribution in [0, 0.1) is 0 Å². The van der Waals surface area contributed by atoms with Crippen LogP contribution in [0.5, 0.6) is 0 Å². The Hall–Kier alpha value is -2.46. The van der Waals surface area contributed by atoms with E-state index >= 15 is 0 Å². The van der Waals surface area contributed by atoms with E-state index in [0.717, 1.165) is 17.5 Å². The first kappa shape index (κ1) is 16.4. The molecule has 0 bridgehead atoms. The third-order valence-electron chi connectivity index (χ3n) is 3.93. The van der Waals surface area contributed by atoms with E-state index in [-0.39, 0.29) is 4.90 Å². The van der Waals surface area contributed by atoms with Crippen LogP contribution >= 0.6 is 0 Å². The molecule has 3 nitrogen and oxygen atoms in total. The lowest BCUT2D eigenvalue weighted by atomic mass is 10.0. The number of nitrogens with zero attached hydrogens (tertiary/aromatic N) is 1. The maximum atomic E-state index is 12.1. The molecule has 0 N–H and O–H groups in total. The maximum Gasteiger partial charge on any atom is 0.175 e. The molecule has 2 aromatic carbocycles. The van der Waals surface area contributed by atoms with Crippen molar-refractivity contribution in [3.63, 3.8) is 0 Å². The standard InChI is InChI=1S/C20H19NO2S/c1-3-15-8-7-11-17(12-15)20-14-18(24(2,22)23)13-19(21-20)16-9-5-4-6-10-16/h4-14H,3H2,1-2H3. The number of benzene rings is 2. The van der Waals surface area contributed by atoms with Crippen molar-refractivity contribution < 1.29 is 8.42 Å². The number of sulfone groups is 1. The molecule has 0 aliphatic heterocycles. The van der Waals surface area contributed by atoms with E-state index in [2.05, 4.69) is 19.1 Å². The van der Waals surface area contributed by atoms with Crippen molar-refractivity contribution in [2.75, 3.05) is 6.26 Å². The fraction of sp³-hybridized carbons (Fsp3) is 0.150. The predicted octanol–water partition coefficient (Wildman–Crippen LogP) is 4.38. The van der Waals surface area contributed by atoms with Gasteiger partial charge in [0.05, 0.1) is 16.3 Å². The normalized spacial score (nSPS) is 11.4. The smallest absolute Gasteiger partial charge is 0.175 e. The summed E-state index contributed by atoms with van der Waals surface area (Å²) in [5.41, 5.74) is 4.36. The van der Waals surface area contributed by atoms with Crippen molar-refractivity contribution in [1.29, 1.82) is 0 Å². The molecule has 0 aliphatic carbocycles. The average molecular weight is 337 g/mol. The van der Waals surface area contributed by atoms with Gasteiger partial charge in [-0.1, -0.05) is 55.5 Å². The Balaban J connectivity index is 2.22. The van der Waals surface area contributed by atoms with Crippen LogP contribution in [-0.2, 0) is 16.3 Å². The summed E-state index contributed by atoms with van der Waals surface area (Å²) in [4.78, 5) is 4.98. The van der Waals surface area contributed by atoms with Gasteiger partial charge in [-0.15, -0.1) is 0 Å². The number of rotatable bonds is 4. The van der Waals surface area contributed by atoms with Crippen LogP contribution in [0.15, 0.2) is 71.6 Å². The van der Waals surface area contributed by atoms with Gasteiger partial charge in [0, 0.05) is 17.4 Å². The number of aryl methyl sites for hydroxylation is 1. The summed E-state index contributed by atoms with van der Waals surface area (Å²) in [7, 11) is -3.32. The maximum absolute atomic E-state index is 12.1. The van der Waals surface area contributed by atoms with E-state index in [1.165, 1.54) is 11.8 Å². The van der Waals surface area contributed by atoms with Gasteiger partial charge >= 0.3 is 0 Å². The molecule has 3 aromatic rings. The number of pyridine rings is 1. The topological polar surface area (TPSA) is 47.0 Å². The van der Waals surface area contributed by atoms with E-state index < -0.39 is 9.84 Å². The van der Waals surface area contributed by atoms with Gasteiger partial charge in [-0.2, -0.15) is 0 Å². The molecule has 0 saturated carbocycles. The lowest BCUT2D eigenvalue weighted by molar-refractivity contribution is 0.602. The Morgan fingerprint density at radius 3 is 2.08 bits per heavy atom. The third-order valence-corrected chi connectivity index (χ3v) is 5.02. The van der Waals surface area contributed by atoms with E-state index in [1.807, 2.05) is 42.5 Å². The quantitative estimate of drug-likeness (QED) is 0.710. The summed E-state index contributed by atoms with van der Waals surface area (Å²) in [5, 5.41) is 0. The van der Waals surface area contributed by atoms with Crippen LogP contribution in [0.3, 0.4) is 0 Å². The first-order valence-electron chi connectivity index (χ1n) is 7.84. The summed E-state index contributed by atoms with van der Waals surface area (Å²) in [5.74, 6) is 0. The minimum atomic E-state index is -3.32. The van der Waals surface area contributed by atoms with E-state index in [9.17, 15) is 8.42 Å². The average Bonchev–Trinajstić information content (AvgIpc) is 2.61. The fourth-order valence-electron chi connectivity index (χ4n) is 2.57.